The zero-order valence-corrected chi connectivity index (χ0v) is 8.39. The summed E-state index contributed by atoms with van der Waals surface area (Å²) in [5.74, 6) is 0. The van der Waals surface area contributed by atoms with Gasteiger partial charge in [0, 0.05) is 4.47 Å². The summed E-state index contributed by atoms with van der Waals surface area (Å²) in [7, 11) is 0. The molecule has 0 atom stereocenters. The van der Waals surface area contributed by atoms with E-state index in [0.29, 0.717) is 0 Å². The van der Waals surface area contributed by atoms with E-state index in [1.54, 1.807) is 0 Å². The topological polar surface area (TPSA) is 20.2 Å². The van der Waals surface area contributed by atoms with Crippen LogP contribution in [0.25, 0.3) is 0 Å². The first-order valence-corrected chi connectivity index (χ1v) is 5.01. The third-order valence-corrected chi connectivity index (χ3v) is 3.17. The minimum Gasteiger partial charge on any atom is -0.392 e. The number of aliphatic hydroxyl groups is 1. The van der Waals surface area contributed by atoms with Gasteiger partial charge < -0.3 is 5.11 Å². The van der Waals surface area contributed by atoms with Gasteiger partial charge in [-0.1, -0.05) is 22.0 Å². The lowest BCUT2D eigenvalue weighted by Gasteiger charge is -2.04. The Bertz CT molecular complexity index is 306. The first-order valence-electron chi connectivity index (χ1n) is 4.22. The fourth-order valence-corrected chi connectivity index (χ4v) is 2.28. The van der Waals surface area contributed by atoms with Gasteiger partial charge in [-0.2, -0.15) is 0 Å². The van der Waals surface area contributed by atoms with Gasteiger partial charge in [-0.15, -0.1) is 0 Å². The predicted molar refractivity (Wildman–Crippen MR) is 52.1 cm³/mol. The van der Waals surface area contributed by atoms with Gasteiger partial charge in [0.2, 0.25) is 0 Å². The second-order valence-electron chi connectivity index (χ2n) is 3.22. The third-order valence-electron chi connectivity index (χ3n) is 2.43. The molecule has 2 rings (SSSR count). The maximum absolute atomic E-state index is 9.02. The Morgan fingerprint density at radius 2 is 1.92 bits per heavy atom. The molecule has 1 nitrogen and oxygen atoms in total. The fourth-order valence-electron chi connectivity index (χ4n) is 1.77. The first kappa shape index (κ1) is 8.27. The number of hydrogen-bond acceptors (Lipinski definition) is 1. The van der Waals surface area contributed by atoms with Gasteiger partial charge in [0.25, 0.3) is 0 Å². The smallest absolute Gasteiger partial charge is 0.0692 e. The molecule has 64 valence electrons. The third kappa shape index (κ3) is 1.29. The second-order valence-corrected chi connectivity index (χ2v) is 4.08. The van der Waals surface area contributed by atoms with Gasteiger partial charge in [0.1, 0.15) is 0 Å². The van der Waals surface area contributed by atoms with Crippen molar-refractivity contribution in [1.29, 1.82) is 0 Å². The van der Waals surface area contributed by atoms with E-state index in [1.165, 1.54) is 30.4 Å². The molecular formula is C10H11BrO. The fraction of sp³-hybridized carbons (Fsp3) is 0.400. The van der Waals surface area contributed by atoms with E-state index in [4.69, 9.17) is 5.11 Å². The van der Waals surface area contributed by atoms with Crippen LogP contribution in [-0.4, -0.2) is 5.11 Å². The second kappa shape index (κ2) is 3.19. The number of hydrogen-bond donors (Lipinski definition) is 1. The van der Waals surface area contributed by atoms with Gasteiger partial charge >= 0.3 is 0 Å². The van der Waals surface area contributed by atoms with Crippen LogP contribution in [0.1, 0.15) is 23.1 Å². The van der Waals surface area contributed by atoms with Gasteiger partial charge in [-0.3, -0.25) is 0 Å². The molecule has 0 saturated carbocycles. The molecule has 1 N–H and O–H groups in total. The highest BCUT2D eigenvalue weighted by atomic mass is 79.9. The van der Waals surface area contributed by atoms with E-state index in [0.717, 1.165) is 10.0 Å². The summed E-state index contributed by atoms with van der Waals surface area (Å²) in [6.45, 7) is 0.133. The molecule has 0 unspecified atom stereocenters. The van der Waals surface area contributed by atoms with Crippen LogP contribution < -0.4 is 0 Å². The molecule has 0 amide bonds. The van der Waals surface area contributed by atoms with Crippen LogP contribution in [0, 0.1) is 0 Å². The van der Waals surface area contributed by atoms with E-state index in [2.05, 4.69) is 28.1 Å². The predicted octanol–water partition coefficient (Wildman–Crippen LogP) is 2.43. The van der Waals surface area contributed by atoms with Gasteiger partial charge in [0.15, 0.2) is 0 Å². The quantitative estimate of drug-likeness (QED) is 0.781. The summed E-state index contributed by atoms with van der Waals surface area (Å²) in [4.78, 5) is 0. The van der Waals surface area contributed by atoms with Gasteiger partial charge in [-0.25, -0.2) is 0 Å². The van der Waals surface area contributed by atoms with Crippen molar-refractivity contribution in [2.75, 3.05) is 0 Å². The van der Waals surface area contributed by atoms with Gasteiger partial charge in [0.05, 0.1) is 6.61 Å². The highest BCUT2D eigenvalue weighted by molar-refractivity contribution is 9.10. The van der Waals surface area contributed by atoms with E-state index in [1.807, 2.05) is 0 Å². The maximum atomic E-state index is 9.02. The normalized spacial score (nSPS) is 14.8. The summed E-state index contributed by atoms with van der Waals surface area (Å²) >= 11 is 3.45. The Hall–Kier alpha value is -0.340. The van der Waals surface area contributed by atoms with Crippen molar-refractivity contribution in [3.63, 3.8) is 0 Å². The Labute approximate surface area is 80.5 Å². The van der Waals surface area contributed by atoms with Crippen molar-refractivity contribution < 1.29 is 5.11 Å². The molecule has 0 aliphatic heterocycles. The van der Waals surface area contributed by atoms with Crippen molar-refractivity contribution in [3.05, 3.63) is 33.3 Å². The Morgan fingerprint density at radius 1 is 1.25 bits per heavy atom. The minimum absolute atomic E-state index is 0.133. The average Bonchev–Trinajstić information content (AvgIpc) is 2.49. The molecular weight excluding hydrogens is 216 g/mol. The van der Waals surface area contributed by atoms with Crippen LogP contribution in [0.3, 0.4) is 0 Å². The zero-order chi connectivity index (χ0) is 8.55. The SMILES string of the molecule is OCc1cc2c(cc1Br)CCC2. The Kier molecular flexibility index (Phi) is 2.20. The lowest BCUT2D eigenvalue weighted by Crippen LogP contribution is -1.90. The first-order chi connectivity index (χ1) is 5.81. The standard InChI is InChI=1S/C10H11BrO/c11-10-5-8-3-1-2-7(8)4-9(10)6-12/h4-5,12H,1-3,6H2. The van der Waals surface area contributed by atoms with E-state index in [9.17, 15) is 0 Å². The van der Waals surface area contributed by atoms with Crippen LogP contribution in [0.15, 0.2) is 16.6 Å². The van der Waals surface area contributed by atoms with Crippen LogP contribution in [0.5, 0.6) is 0 Å². The summed E-state index contributed by atoms with van der Waals surface area (Å²) in [6.07, 6.45) is 3.63. The van der Waals surface area contributed by atoms with Crippen LogP contribution >= 0.6 is 15.9 Å². The Morgan fingerprint density at radius 3 is 2.58 bits per heavy atom. The summed E-state index contributed by atoms with van der Waals surface area (Å²) in [5.41, 5.74) is 3.87. The zero-order valence-electron chi connectivity index (χ0n) is 6.81. The molecule has 0 radical (unpaired) electrons. The lowest BCUT2D eigenvalue weighted by atomic mass is 10.1. The molecule has 1 aromatic rings. The van der Waals surface area contributed by atoms with Crippen molar-refractivity contribution in [1.82, 2.24) is 0 Å². The molecule has 1 aromatic carbocycles. The summed E-state index contributed by atoms with van der Waals surface area (Å²) in [5, 5.41) is 9.02. The van der Waals surface area contributed by atoms with Crippen molar-refractivity contribution >= 4 is 15.9 Å². The van der Waals surface area contributed by atoms with Crippen molar-refractivity contribution in [2.45, 2.75) is 25.9 Å². The van der Waals surface area contributed by atoms with E-state index in [-0.39, 0.29) is 6.61 Å². The molecule has 2 heteroatoms. The van der Waals surface area contributed by atoms with Crippen molar-refractivity contribution in [2.24, 2.45) is 0 Å². The van der Waals surface area contributed by atoms with Crippen LogP contribution in [0.4, 0.5) is 0 Å². The highest BCUT2D eigenvalue weighted by Gasteiger charge is 2.12. The maximum Gasteiger partial charge on any atom is 0.0692 e. The molecule has 0 heterocycles. The average molecular weight is 227 g/mol. The highest BCUT2D eigenvalue weighted by Crippen LogP contribution is 2.28. The minimum atomic E-state index is 0.133. The molecule has 0 bridgehead atoms. The molecule has 12 heavy (non-hydrogen) atoms. The number of halogens is 1. The molecule has 1 aliphatic rings. The molecule has 1 aliphatic carbocycles. The van der Waals surface area contributed by atoms with Crippen LogP contribution in [-0.2, 0) is 19.4 Å². The largest absolute Gasteiger partial charge is 0.392 e. The monoisotopic (exact) mass is 226 g/mol. The summed E-state index contributed by atoms with van der Waals surface area (Å²) < 4.78 is 1.05. The number of aliphatic hydroxyl groups excluding tert-OH is 1. The molecule has 0 saturated heterocycles. The Balaban J connectivity index is 2.49. The molecule has 0 spiro atoms. The number of rotatable bonds is 1. The lowest BCUT2D eigenvalue weighted by molar-refractivity contribution is 0.281. The number of benzene rings is 1. The van der Waals surface area contributed by atoms with Crippen LogP contribution in [0.2, 0.25) is 0 Å². The number of fused-ring (bicyclic) bond motifs is 1. The van der Waals surface area contributed by atoms with Crippen molar-refractivity contribution in [3.8, 4) is 0 Å². The summed E-state index contributed by atoms with van der Waals surface area (Å²) in [6, 6.07) is 4.26. The molecule has 0 aromatic heterocycles. The van der Waals surface area contributed by atoms with Gasteiger partial charge in [-0.05, 0) is 42.0 Å². The van der Waals surface area contributed by atoms with E-state index < -0.39 is 0 Å². The number of aryl methyl sites for hydroxylation is 2. The molecule has 0 fully saturated rings. The van der Waals surface area contributed by atoms with E-state index >= 15 is 0 Å².